The first-order valence-electron chi connectivity index (χ1n) is 12.9. The number of hydrogen-bond donors (Lipinski definition) is 3. The molecule has 2 aromatic heterocycles. The number of carbonyl (C=O) groups excluding carboxylic acids is 1. The monoisotopic (exact) mass is 488 g/mol. The summed E-state index contributed by atoms with van der Waals surface area (Å²) in [5.41, 5.74) is 3.81. The predicted octanol–water partition coefficient (Wildman–Crippen LogP) is 5.86. The second kappa shape index (κ2) is 10.3. The summed E-state index contributed by atoms with van der Waals surface area (Å²) >= 11 is 0. The minimum absolute atomic E-state index is 0.00575. The minimum atomic E-state index is -0.0478. The van der Waals surface area contributed by atoms with Crippen molar-refractivity contribution < 1.29 is 4.79 Å². The maximum absolute atomic E-state index is 13.3. The number of nitrogens with zero attached hydrogens (tertiary/aromatic N) is 3. The van der Waals surface area contributed by atoms with E-state index >= 15 is 0 Å². The van der Waals surface area contributed by atoms with Crippen LogP contribution >= 0.6 is 0 Å². The van der Waals surface area contributed by atoms with E-state index in [1.807, 2.05) is 43.6 Å². The molecule has 1 amide bonds. The molecule has 2 heterocycles. The van der Waals surface area contributed by atoms with Gasteiger partial charge < -0.3 is 16.0 Å². The molecule has 4 rings (SSSR count). The standard InChI is InChI=1S/C29H40N6O/c1-28(2,3)19-31-24-12-11-23(33-26(24)30-6)20-13-14-29(4,5)25(18-20)34-27(36)21-9-7-10-22(17-21)35-16-8-15-32-35/h7-12,15-17,20,25,31H,13-14,18-19H2,1-6H3,(H,30,33)(H,34,36). The van der Waals surface area contributed by atoms with Crippen LogP contribution in [-0.2, 0) is 0 Å². The average Bonchev–Trinajstić information content (AvgIpc) is 3.38. The first kappa shape index (κ1) is 25.7. The number of hydrogen-bond acceptors (Lipinski definition) is 5. The first-order chi connectivity index (χ1) is 17.1. The molecule has 0 spiro atoms. The zero-order chi connectivity index (χ0) is 25.9. The Morgan fingerprint density at radius 2 is 1.97 bits per heavy atom. The molecule has 1 aliphatic carbocycles. The van der Waals surface area contributed by atoms with Crippen molar-refractivity contribution >= 4 is 17.4 Å². The fourth-order valence-corrected chi connectivity index (χ4v) is 4.81. The van der Waals surface area contributed by atoms with Crippen LogP contribution in [0.2, 0.25) is 0 Å². The van der Waals surface area contributed by atoms with E-state index < -0.39 is 0 Å². The van der Waals surface area contributed by atoms with Gasteiger partial charge in [-0.25, -0.2) is 9.67 Å². The molecule has 7 heteroatoms. The summed E-state index contributed by atoms with van der Waals surface area (Å²) in [6, 6.07) is 13.8. The number of rotatable bonds is 7. The quantitative estimate of drug-likeness (QED) is 0.388. The van der Waals surface area contributed by atoms with E-state index in [1.54, 1.807) is 10.9 Å². The van der Waals surface area contributed by atoms with Gasteiger partial charge in [0.05, 0.1) is 11.4 Å². The SMILES string of the molecule is CNc1nc(C2CCC(C)(C)C(NC(=O)c3cccc(-n4cccn4)c3)C2)ccc1NCC(C)(C)C. The van der Waals surface area contributed by atoms with E-state index in [-0.39, 0.29) is 22.8 Å². The highest BCUT2D eigenvalue weighted by Gasteiger charge is 2.38. The average molecular weight is 489 g/mol. The lowest BCUT2D eigenvalue weighted by Crippen LogP contribution is -2.48. The van der Waals surface area contributed by atoms with Crippen molar-refractivity contribution in [2.75, 3.05) is 24.2 Å². The van der Waals surface area contributed by atoms with Crippen molar-refractivity contribution in [3.8, 4) is 5.69 Å². The third-order valence-electron chi connectivity index (χ3n) is 7.16. The third-order valence-corrected chi connectivity index (χ3v) is 7.16. The molecular formula is C29H40N6O. The van der Waals surface area contributed by atoms with E-state index in [0.29, 0.717) is 11.5 Å². The van der Waals surface area contributed by atoms with Crippen LogP contribution in [0, 0.1) is 10.8 Å². The fourth-order valence-electron chi connectivity index (χ4n) is 4.81. The van der Waals surface area contributed by atoms with Crippen LogP contribution in [0.1, 0.15) is 75.9 Å². The number of benzene rings is 1. The maximum Gasteiger partial charge on any atom is 0.251 e. The normalized spacial score (nSPS) is 19.5. The molecule has 3 N–H and O–H groups in total. The zero-order valence-electron chi connectivity index (χ0n) is 22.4. The molecular weight excluding hydrogens is 448 g/mol. The molecule has 2 unspecified atom stereocenters. The van der Waals surface area contributed by atoms with Gasteiger partial charge in [0.25, 0.3) is 5.91 Å². The van der Waals surface area contributed by atoms with E-state index in [1.165, 1.54) is 0 Å². The second-order valence-electron chi connectivity index (χ2n) is 11.8. The molecule has 1 fully saturated rings. The zero-order valence-corrected chi connectivity index (χ0v) is 22.4. The van der Waals surface area contributed by atoms with Gasteiger partial charge in [-0.1, -0.05) is 40.7 Å². The highest BCUT2D eigenvalue weighted by molar-refractivity contribution is 5.95. The van der Waals surface area contributed by atoms with Gasteiger partial charge in [-0.05, 0) is 66.5 Å². The highest BCUT2D eigenvalue weighted by atomic mass is 16.1. The molecule has 0 aliphatic heterocycles. The second-order valence-corrected chi connectivity index (χ2v) is 11.8. The minimum Gasteiger partial charge on any atom is -0.382 e. The summed E-state index contributed by atoms with van der Waals surface area (Å²) in [6.07, 6.45) is 6.55. The molecule has 0 bridgehead atoms. The number of carbonyl (C=O) groups is 1. The van der Waals surface area contributed by atoms with Gasteiger partial charge in [0.1, 0.15) is 5.82 Å². The molecule has 1 aliphatic rings. The van der Waals surface area contributed by atoms with Crippen molar-refractivity contribution in [3.63, 3.8) is 0 Å². The molecule has 2 atom stereocenters. The van der Waals surface area contributed by atoms with E-state index in [4.69, 9.17) is 4.98 Å². The predicted molar refractivity (Wildman–Crippen MR) is 147 cm³/mol. The summed E-state index contributed by atoms with van der Waals surface area (Å²) in [5, 5.41) is 14.4. The van der Waals surface area contributed by atoms with Crippen LogP contribution < -0.4 is 16.0 Å². The molecule has 7 nitrogen and oxygen atoms in total. The van der Waals surface area contributed by atoms with E-state index in [2.05, 4.69) is 67.8 Å². The molecule has 0 radical (unpaired) electrons. The van der Waals surface area contributed by atoms with Gasteiger partial charge in [0.2, 0.25) is 0 Å². The van der Waals surface area contributed by atoms with Crippen LogP contribution in [0.3, 0.4) is 0 Å². The van der Waals surface area contributed by atoms with Crippen molar-refractivity contribution in [2.45, 2.75) is 65.8 Å². The molecule has 1 saturated carbocycles. The van der Waals surface area contributed by atoms with Crippen LogP contribution in [0.15, 0.2) is 54.9 Å². The van der Waals surface area contributed by atoms with Crippen LogP contribution in [0.5, 0.6) is 0 Å². The van der Waals surface area contributed by atoms with Crippen molar-refractivity contribution in [1.29, 1.82) is 0 Å². The third kappa shape index (κ3) is 6.07. The summed E-state index contributed by atoms with van der Waals surface area (Å²) in [6.45, 7) is 12.0. The number of aromatic nitrogens is 3. The van der Waals surface area contributed by atoms with Crippen molar-refractivity contribution in [2.24, 2.45) is 10.8 Å². The summed E-state index contributed by atoms with van der Waals surface area (Å²) in [7, 11) is 1.92. The van der Waals surface area contributed by atoms with Crippen LogP contribution in [0.25, 0.3) is 5.69 Å². The Bertz CT molecular complexity index is 1180. The largest absolute Gasteiger partial charge is 0.382 e. The van der Waals surface area contributed by atoms with Gasteiger partial charge in [-0.15, -0.1) is 0 Å². The van der Waals surface area contributed by atoms with Gasteiger partial charge in [-0.2, -0.15) is 5.10 Å². The molecule has 192 valence electrons. The Morgan fingerprint density at radius 1 is 1.17 bits per heavy atom. The lowest BCUT2D eigenvalue weighted by Gasteiger charge is -2.42. The lowest BCUT2D eigenvalue weighted by atomic mass is 9.68. The van der Waals surface area contributed by atoms with E-state index in [9.17, 15) is 4.79 Å². The Kier molecular flexibility index (Phi) is 7.38. The fraction of sp³-hybridized carbons (Fsp3) is 0.483. The Balaban J connectivity index is 1.49. The highest BCUT2D eigenvalue weighted by Crippen LogP contribution is 2.43. The Hall–Kier alpha value is -3.35. The first-order valence-corrected chi connectivity index (χ1v) is 12.9. The smallest absolute Gasteiger partial charge is 0.251 e. The van der Waals surface area contributed by atoms with E-state index in [0.717, 1.165) is 48.7 Å². The summed E-state index contributed by atoms with van der Waals surface area (Å²) < 4.78 is 1.77. The lowest BCUT2D eigenvalue weighted by molar-refractivity contribution is 0.0836. The van der Waals surface area contributed by atoms with Gasteiger partial charge in [0.15, 0.2) is 0 Å². The van der Waals surface area contributed by atoms with Crippen molar-refractivity contribution in [3.05, 3.63) is 66.1 Å². The summed E-state index contributed by atoms with van der Waals surface area (Å²) in [5.74, 6) is 1.12. The Morgan fingerprint density at radius 3 is 2.67 bits per heavy atom. The molecule has 0 saturated heterocycles. The number of pyridine rings is 1. The molecule has 1 aromatic carbocycles. The van der Waals surface area contributed by atoms with Gasteiger partial charge in [-0.3, -0.25) is 4.79 Å². The van der Waals surface area contributed by atoms with Gasteiger partial charge in [0, 0.05) is 49.2 Å². The maximum atomic E-state index is 13.3. The van der Waals surface area contributed by atoms with Crippen LogP contribution in [-0.4, -0.2) is 40.3 Å². The van der Waals surface area contributed by atoms with Crippen LogP contribution in [0.4, 0.5) is 11.5 Å². The molecule has 3 aromatic rings. The summed E-state index contributed by atoms with van der Waals surface area (Å²) in [4.78, 5) is 18.3. The van der Waals surface area contributed by atoms with Crippen molar-refractivity contribution in [1.82, 2.24) is 20.1 Å². The number of amides is 1. The van der Waals surface area contributed by atoms with Gasteiger partial charge >= 0.3 is 0 Å². The Labute approximate surface area is 215 Å². The number of nitrogens with one attached hydrogen (secondary N) is 3. The molecule has 36 heavy (non-hydrogen) atoms. The topological polar surface area (TPSA) is 83.9 Å². The number of anilines is 2.